The molecule has 0 unspecified atom stereocenters. The summed E-state index contributed by atoms with van der Waals surface area (Å²) in [6.45, 7) is 2.00. The lowest BCUT2D eigenvalue weighted by Crippen LogP contribution is -1.90. The second-order valence-corrected chi connectivity index (χ2v) is 2.52. The smallest absolute Gasteiger partial charge is 0.0834 e. The summed E-state index contributed by atoms with van der Waals surface area (Å²) in [5, 5.41) is 0. The number of halogens is 1. The molecule has 0 saturated carbocycles. The van der Waals surface area contributed by atoms with E-state index in [0.717, 1.165) is 5.71 Å². The number of hydrogen-bond donors (Lipinski definition) is 0. The molecule has 1 aromatic rings. The molecule has 0 saturated heterocycles. The third-order valence-electron chi connectivity index (χ3n) is 1.32. The number of hydrogen-bond acceptors (Lipinski definition) is 1. The van der Waals surface area contributed by atoms with Gasteiger partial charge in [-0.2, -0.15) is 0 Å². The van der Waals surface area contributed by atoms with Gasteiger partial charge in [0.25, 0.3) is 0 Å². The number of nitrogens with zero attached hydrogens (tertiary/aromatic N) is 1. The molecule has 0 spiro atoms. The fraction of sp³-hybridized carbons (Fsp3) is 0.125. The zero-order chi connectivity index (χ0) is 7.40. The Hall–Kier alpha value is -0.380. The van der Waals surface area contributed by atoms with Crippen LogP contribution in [0.15, 0.2) is 33.5 Å². The molecule has 1 nitrogen and oxygen atoms in total. The van der Waals surface area contributed by atoms with Crippen molar-refractivity contribution in [1.82, 2.24) is 0 Å². The molecular formula is C8H8IN. The number of benzene rings is 1. The van der Waals surface area contributed by atoms with Crippen LogP contribution in [0.2, 0.25) is 0 Å². The van der Waals surface area contributed by atoms with Crippen LogP contribution in [0.1, 0.15) is 12.5 Å². The molecular weight excluding hydrogens is 237 g/mol. The Balaban J connectivity index is 2.96. The summed E-state index contributed by atoms with van der Waals surface area (Å²) < 4.78 is 4.05. The van der Waals surface area contributed by atoms with Crippen molar-refractivity contribution >= 4 is 28.6 Å². The third kappa shape index (κ3) is 1.80. The molecule has 1 rings (SSSR count). The molecule has 0 aliphatic heterocycles. The average molecular weight is 245 g/mol. The van der Waals surface area contributed by atoms with Crippen LogP contribution in [0.25, 0.3) is 0 Å². The predicted octanol–water partition coefficient (Wildman–Crippen LogP) is 2.85. The minimum absolute atomic E-state index is 1.07. The van der Waals surface area contributed by atoms with E-state index >= 15 is 0 Å². The highest BCUT2D eigenvalue weighted by Crippen LogP contribution is 2.02. The van der Waals surface area contributed by atoms with Crippen molar-refractivity contribution in [2.45, 2.75) is 6.92 Å². The zero-order valence-electron chi connectivity index (χ0n) is 5.71. The van der Waals surface area contributed by atoms with E-state index in [1.165, 1.54) is 5.56 Å². The molecule has 52 valence electrons. The van der Waals surface area contributed by atoms with E-state index in [2.05, 4.69) is 15.3 Å². The quantitative estimate of drug-likeness (QED) is 0.532. The van der Waals surface area contributed by atoms with E-state index in [0.29, 0.717) is 0 Å². The summed E-state index contributed by atoms with van der Waals surface area (Å²) >= 11 is 2.00. The summed E-state index contributed by atoms with van der Waals surface area (Å²) in [7, 11) is 0. The molecule has 0 bridgehead atoms. The summed E-state index contributed by atoms with van der Waals surface area (Å²) in [4.78, 5) is 0. The van der Waals surface area contributed by atoms with Crippen molar-refractivity contribution in [3.05, 3.63) is 35.9 Å². The van der Waals surface area contributed by atoms with Crippen LogP contribution in [0.4, 0.5) is 0 Å². The van der Waals surface area contributed by atoms with Crippen LogP contribution in [0.5, 0.6) is 0 Å². The minimum atomic E-state index is 1.07. The molecule has 0 atom stereocenters. The summed E-state index contributed by atoms with van der Waals surface area (Å²) in [5.74, 6) is 0. The maximum Gasteiger partial charge on any atom is 0.0834 e. The van der Waals surface area contributed by atoms with Crippen LogP contribution >= 0.6 is 22.9 Å². The van der Waals surface area contributed by atoms with Gasteiger partial charge in [-0.25, -0.2) is 3.21 Å². The van der Waals surface area contributed by atoms with Gasteiger partial charge in [0.15, 0.2) is 0 Å². The highest BCUT2D eigenvalue weighted by atomic mass is 127. The van der Waals surface area contributed by atoms with Crippen LogP contribution in [-0.4, -0.2) is 5.71 Å². The fourth-order valence-corrected chi connectivity index (χ4v) is 1.01. The Morgan fingerprint density at radius 2 is 1.90 bits per heavy atom. The molecule has 0 amide bonds. The van der Waals surface area contributed by atoms with Crippen molar-refractivity contribution in [3.8, 4) is 0 Å². The molecule has 0 N–H and O–H groups in total. The molecule has 10 heavy (non-hydrogen) atoms. The van der Waals surface area contributed by atoms with E-state index in [-0.39, 0.29) is 0 Å². The van der Waals surface area contributed by atoms with Gasteiger partial charge in [0, 0.05) is 0 Å². The van der Waals surface area contributed by atoms with Crippen molar-refractivity contribution in [3.63, 3.8) is 0 Å². The topological polar surface area (TPSA) is 12.4 Å². The van der Waals surface area contributed by atoms with E-state index in [1.54, 1.807) is 0 Å². The average Bonchev–Trinajstić information content (AvgIpc) is 2.05. The molecule has 0 radical (unpaired) electrons. The second-order valence-electron chi connectivity index (χ2n) is 2.04. The zero-order valence-corrected chi connectivity index (χ0v) is 7.87. The lowest BCUT2D eigenvalue weighted by atomic mass is 10.1. The normalized spacial score (nSPS) is 11.6. The van der Waals surface area contributed by atoms with Gasteiger partial charge in [0.2, 0.25) is 0 Å². The molecule has 2 heteroatoms. The standard InChI is InChI=1S/C8H8IN/c1-7(10-9)8-5-3-2-4-6-8/h2-6H,1H3/b10-7+. The van der Waals surface area contributed by atoms with E-state index in [9.17, 15) is 0 Å². The Bertz CT molecular complexity index is 228. The first-order chi connectivity index (χ1) is 4.84. The maximum atomic E-state index is 4.05. The van der Waals surface area contributed by atoms with Gasteiger partial charge in [0.05, 0.1) is 28.6 Å². The number of rotatable bonds is 1. The Morgan fingerprint density at radius 3 is 2.40 bits per heavy atom. The van der Waals surface area contributed by atoms with Crippen LogP contribution < -0.4 is 0 Å². The van der Waals surface area contributed by atoms with Gasteiger partial charge >= 0.3 is 0 Å². The third-order valence-corrected chi connectivity index (χ3v) is 2.04. The largest absolute Gasteiger partial charge is 0.219 e. The first kappa shape index (κ1) is 7.72. The van der Waals surface area contributed by atoms with Crippen molar-refractivity contribution in [1.29, 1.82) is 0 Å². The molecule has 0 aliphatic rings. The van der Waals surface area contributed by atoms with Gasteiger partial charge in [-0.3, -0.25) is 0 Å². The minimum Gasteiger partial charge on any atom is -0.219 e. The summed E-state index contributed by atoms with van der Waals surface area (Å²) in [5.41, 5.74) is 2.26. The van der Waals surface area contributed by atoms with E-state index in [4.69, 9.17) is 0 Å². The first-order valence-corrected chi connectivity index (χ1v) is 4.02. The van der Waals surface area contributed by atoms with Crippen molar-refractivity contribution in [2.24, 2.45) is 3.21 Å². The van der Waals surface area contributed by atoms with E-state index in [1.807, 2.05) is 48.0 Å². The highest BCUT2D eigenvalue weighted by molar-refractivity contribution is 14.1. The maximum absolute atomic E-state index is 4.05. The first-order valence-electron chi connectivity index (χ1n) is 3.05. The Labute approximate surface area is 74.7 Å². The molecule has 0 aliphatic carbocycles. The summed E-state index contributed by atoms with van der Waals surface area (Å²) in [6, 6.07) is 10.1. The Kier molecular flexibility index (Phi) is 2.86. The van der Waals surface area contributed by atoms with Crippen LogP contribution in [0.3, 0.4) is 0 Å². The van der Waals surface area contributed by atoms with Gasteiger partial charge in [0.1, 0.15) is 0 Å². The fourth-order valence-electron chi connectivity index (χ4n) is 0.728. The SMILES string of the molecule is C/C(=N\I)c1ccccc1. The van der Waals surface area contributed by atoms with Crippen molar-refractivity contribution in [2.75, 3.05) is 0 Å². The van der Waals surface area contributed by atoms with Crippen molar-refractivity contribution < 1.29 is 0 Å². The molecule has 0 aromatic heterocycles. The lowest BCUT2D eigenvalue weighted by Gasteiger charge is -1.94. The van der Waals surface area contributed by atoms with Gasteiger partial charge in [-0.15, -0.1) is 0 Å². The van der Waals surface area contributed by atoms with Crippen LogP contribution in [-0.2, 0) is 0 Å². The molecule has 1 aromatic carbocycles. The van der Waals surface area contributed by atoms with Crippen LogP contribution in [0, 0.1) is 0 Å². The molecule has 0 fully saturated rings. The van der Waals surface area contributed by atoms with Gasteiger partial charge < -0.3 is 0 Å². The summed E-state index contributed by atoms with van der Waals surface area (Å²) in [6.07, 6.45) is 0. The van der Waals surface area contributed by atoms with Gasteiger partial charge in [-0.1, -0.05) is 30.3 Å². The Morgan fingerprint density at radius 1 is 1.30 bits per heavy atom. The highest BCUT2D eigenvalue weighted by Gasteiger charge is 1.91. The van der Waals surface area contributed by atoms with Gasteiger partial charge in [-0.05, 0) is 12.5 Å². The van der Waals surface area contributed by atoms with E-state index < -0.39 is 0 Å². The predicted molar refractivity (Wildman–Crippen MR) is 52.7 cm³/mol. The lowest BCUT2D eigenvalue weighted by molar-refractivity contribution is 1.61. The molecule has 0 heterocycles. The second kappa shape index (κ2) is 3.71. The monoisotopic (exact) mass is 245 g/mol.